The maximum absolute atomic E-state index is 9.66. The van der Waals surface area contributed by atoms with Crippen molar-refractivity contribution in [2.75, 3.05) is 70.9 Å². The molecule has 2 aliphatic rings. The molecule has 1 aromatic carbocycles. The second-order valence-corrected chi connectivity index (χ2v) is 11.1. The summed E-state index contributed by atoms with van der Waals surface area (Å²) in [5.74, 6) is 2.99. The van der Waals surface area contributed by atoms with Crippen molar-refractivity contribution in [3.05, 3.63) is 29.5 Å². The normalized spacial score (nSPS) is 17.3. The maximum Gasteiger partial charge on any atom is 0.222 e. The predicted molar refractivity (Wildman–Crippen MR) is 160 cm³/mol. The number of unbranched alkanes of at least 4 members (excludes halogenated alkanes) is 1. The first kappa shape index (κ1) is 29.3. The fourth-order valence-electron chi connectivity index (χ4n) is 6.28. The van der Waals surface area contributed by atoms with Gasteiger partial charge in [-0.1, -0.05) is 13.3 Å². The molecule has 11 nitrogen and oxygen atoms in total. The highest BCUT2D eigenvalue weighted by Gasteiger charge is 2.29. The lowest BCUT2D eigenvalue weighted by atomic mass is 9.87. The van der Waals surface area contributed by atoms with Crippen molar-refractivity contribution >= 4 is 22.8 Å². The largest absolute Gasteiger partial charge is 0.496 e. The van der Waals surface area contributed by atoms with Gasteiger partial charge in [0.15, 0.2) is 11.3 Å². The minimum atomic E-state index is 0.0216. The van der Waals surface area contributed by atoms with Crippen LogP contribution in [0.15, 0.2) is 18.3 Å². The van der Waals surface area contributed by atoms with E-state index in [2.05, 4.69) is 33.9 Å². The van der Waals surface area contributed by atoms with Crippen molar-refractivity contribution in [3.8, 4) is 11.5 Å². The molecule has 0 spiro atoms. The molecule has 41 heavy (non-hydrogen) atoms. The van der Waals surface area contributed by atoms with Crippen LogP contribution >= 0.6 is 0 Å². The van der Waals surface area contributed by atoms with Gasteiger partial charge >= 0.3 is 0 Å². The molecule has 0 atom stereocenters. The smallest absolute Gasteiger partial charge is 0.222 e. The van der Waals surface area contributed by atoms with Gasteiger partial charge in [-0.3, -0.25) is 4.68 Å². The number of aromatic nitrogens is 4. The molecule has 0 unspecified atom stereocenters. The number of nitrogen functional groups attached to an aromatic ring is 1. The Bertz CT molecular complexity index is 1290. The molecule has 3 aromatic rings. The Labute approximate surface area is 242 Å². The molecule has 0 aliphatic carbocycles. The van der Waals surface area contributed by atoms with Crippen LogP contribution in [0.25, 0.3) is 11.0 Å². The van der Waals surface area contributed by atoms with Gasteiger partial charge in [-0.2, -0.15) is 10.1 Å². The van der Waals surface area contributed by atoms with Gasteiger partial charge in [0.1, 0.15) is 17.0 Å². The minimum absolute atomic E-state index is 0.0216. The summed E-state index contributed by atoms with van der Waals surface area (Å²) in [5.41, 5.74) is 9.60. The highest BCUT2D eigenvalue weighted by Crippen LogP contribution is 2.39. The summed E-state index contributed by atoms with van der Waals surface area (Å²) in [7, 11) is 3.46. The topological polar surface area (TPSA) is 124 Å². The van der Waals surface area contributed by atoms with E-state index in [-0.39, 0.29) is 12.6 Å². The summed E-state index contributed by atoms with van der Waals surface area (Å²) in [5, 5.41) is 14.5. The van der Waals surface area contributed by atoms with Crippen molar-refractivity contribution in [1.82, 2.24) is 24.6 Å². The van der Waals surface area contributed by atoms with Gasteiger partial charge in [-0.05, 0) is 63.2 Å². The van der Waals surface area contributed by atoms with Crippen LogP contribution in [-0.4, -0.2) is 96.0 Å². The highest BCUT2D eigenvalue weighted by atomic mass is 16.5. The molecule has 2 fully saturated rings. The SMILES string of the molecule is CCCCN(CCO)c1nc(N)nc2cn(Cc3cc(OC)c(C4CCN(C5CCOCC5)CC4)cc3OC)nc12. The molecule has 3 N–H and O–H groups in total. The van der Waals surface area contributed by atoms with Crippen molar-refractivity contribution in [3.63, 3.8) is 0 Å². The van der Waals surface area contributed by atoms with Crippen LogP contribution in [0.2, 0.25) is 0 Å². The number of ether oxygens (including phenoxy) is 3. The minimum Gasteiger partial charge on any atom is -0.496 e. The Kier molecular flexibility index (Phi) is 9.79. The van der Waals surface area contributed by atoms with Crippen molar-refractivity contribution in [2.24, 2.45) is 0 Å². The number of aliphatic hydroxyl groups excluding tert-OH is 1. The number of nitrogens with zero attached hydrogens (tertiary/aromatic N) is 6. The molecule has 2 aromatic heterocycles. The Balaban J connectivity index is 1.37. The van der Waals surface area contributed by atoms with Gasteiger partial charge in [0.05, 0.1) is 33.6 Å². The number of aliphatic hydroxyl groups is 1. The molecule has 0 bridgehead atoms. The number of rotatable bonds is 12. The second kappa shape index (κ2) is 13.7. The van der Waals surface area contributed by atoms with Crippen LogP contribution < -0.4 is 20.1 Å². The van der Waals surface area contributed by atoms with Crippen LogP contribution in [0.4, 0.5) is 11.8 Å². The summed E-state index contributed by atoms with van der Waals surface area (Å²) < 4.78 is 19.2. The summed E-state index contributed by atoms with van der Waals surface area (Å²) >= 11 is 0. The van der Waals surface area contributed by atoms with Crippen LogP contribution in [0.3, 0.4) is 0 Å². The lowest BCUT2D eigenvalue weighted by Crippen LogP contribution is -2.43. The second-order valence-electron chi connectivity index (χ2n) is 11.1. The Morgan fingerprint density at radius 3 is 2.49 bits per heavy atom. The van der Waals surface area contributed by atoms with Crippen LogP contribution in [0.5, 0.6) is 11.5 Å². The average Bonchev–Trinajstić information content (AvgIpc) is 3.41. The monoisotopic (exact) mass is 567 g/mol. The maximum atomic E-state index is 9.66. The zero-order valence-corrected chi connectivity index (χ0v) is 24.7. The Morgan fingerprint density at radius 1 is 1.05 bits per heavy atom. The van der Waals surface area contributed by atoms with Gasteiger partial charge in [-0.15, -0.1) is 0 Å². The van der Waals surface area contributed by atoms with E-state index in [9.17, 15) is 5.11 Å². The summed E-state index contributed by atoms with van der Waals surface area (Å²) in [6.45, 7) is 7.81. The van der Waals surface area contributed by atoms with Gasteiger partial charge in [0, 0.05) is 43.5 Å². The number of hydrogen-bond donors (Lipinski definition) is 2. The van der Waals surface area contributed by atoms with Gasteiger partial charge < -0.3 is 34.9 Å². The van der Waals surface area contributed by atoms with E-state index in [1.54, 1.807) is 14.2 Å². The summed E-state index contributed by atoms with van der Waals surface area (Å²) in [4.78, 5) is 13.6. The number of piperidine rings is 1. The van der Waals surface area contributed by atoms with Crippen LogP contribution in [0.1, 0.15) is 62.5 Å². The zero-order valence-electron chi connectivity index (χ0n) is 24.7. The average molecular weight is 568 g/mol. The molecule has 4 heterocycles. The number of fused-ring (bicyclic) bond motifs is 1. The molecular formula is C30H45N7O4. The number of methoxy groups -OCH3 is 2. The van der Waals surface area contributed by atoms with E-state index in [0.29, 0.717) is 41.9 Å². The van der Waals surface area contributed by atoms with E-state index < -0.39 is 0 Å². The predicted octanol–water partition coefficient (Wildman–Crippen LogP) is 3.43. The summed E-state index contributed by atoms with van der Waals surface area (Å²) in [6.07, 6.45) is 8.38. The molecule has 2 aliphatic heterocycles. The number of likely N-dealkylation sites (tertiary alicyclic amines) is 1. The molecule has 2 saturated heterocycles. The summed E-state index contributed by atoms with van der Waals surface area (Å²) in [6, 6.07) is 4.89. The quantitative estimate of drug-likeness (QED) is 0.336. The van der Waals surface area contributed by atoms with Crippen molar-refractivity contribution in [2.45, 2.75) is 64.0 Å². The van der Waals surface area contributed by atoms with Crippen molar-refractivity contribution in [1.29, 1.82) is 0 Å². The van der Waals surface area contributed by atoms with E-state index in [1.807, 2.05) is 15.8 Å². The van der Waals surface area contributed by atoms with Crippen LogP contribution in [0, 0.1) is 0 Å². The molecule has 11 heteroatoms. The third-order valence-electron chi connectivity index (χ3n) is 8.50. The third kappa shape index (κ3) is 6.68. The molecule has 224 valence electrons. The lowest BCUT2D eigenvalue weighted by molar-refractivity contribution is 0.0251. The molecule has 0 radical (unpaired) electrons. The number of benzene rings is 1. The van der Waals surface area contributed by atoms with E-state index in [1.165, 1.54) is 5.56 Å². The van der Waals surface area contributed by atoms with E-state index >= 15 is 0 Å². The van der Waals surface area contributed by atoms with Gasteiger partial charge in [-0.25, -0.2) is 4.98 Å². The highest BCUT2D eigenvalue weighted by molar-refractivity contribution is 5.86. The number of nitrogens with two attached hydrogens (primary N) is 1. The molecular weight excluding hydrogens is 522 g/mol. The standard InChI is InChI=1S/C30H45N7O4/c1-4-5-10-36(13-14-38)29-28-25(32-30(31)33-29)20-37(34-28)19-22-17-27(40-3)24(18-26(22)39-2)21-6-11-35(12-7-21)23-8-15-41-16-9-23/h17-18,20-21,23,38H,4-16,19H2,1-3H3,(H2,31,32). The van der Waals surface area contributed by atoms with Gasteiger partial charge in [0.25, 0.3) is 0 Å². The lowest BCUT2D eigenvalue weighted by Gasteiger charge is -2.39. The first-order valence-electron chi connectivity index (χ1n) is 15.0. The zero-order chi connectivity index (χ0) is 28.8. The molecule has 5 rings (SSSR count). The van der Waals surface area contributed by atoms with E-state index in [4.69, 9.17) is 25.0 Å². The first-order chi connectivity index (χ1) is 20.0. The Morgan fingerprint density at radius 2 is 1.80 bits per heavy atom. The van der Waals surface area contributed by atoms with Gasteiger partial charge in [0.2, 0.25) is 5.95 Å². The number of hydrogen-bond acceptors (Lipinski definition) is 10. The molecule has 0 saturated carbocycles. The third-order valence-corrected chi connectivity index (χ3v) is 8.50. The Hall–Kier alpha value is -3.15. The fraction of sp³-hybridized carbons (Fsp3) is 0.633. The molecule has 0 amide bonds. The fourth-order valence-corrected chi connectivity index (χ4v) is 6.28. The van der Waals surface area contributed by atoms with Crippen molar-refractivity contribution < 1.29 is 19.3 Å². The van der Waals surface area contributed by atoms with Crippen LogP contribution in [-0.2, 0) is 11.3 Å². The van der Waals surface area contributed by atoms with E-state index in [0.717, 1.165) is 88.4 Å². The number of anilines is 2. The first-order valence-corrected chi connectivity index (χ1v) is 15.0.